The van der Waals surface area contributed by atoms with E-state index >= 15 is 0 Å². The van der Waals surface area contributed by atoms with Crippen molar-refractivity contribution in [3.05, 3.63) is 58.9 Å². The number of nitriles is 1. The van der Waals surface area contributed by atoms with E-state index in [9.17, 15) is 5.11 Å². The number of phenols is 1. The molecule has 3 aromatic rings. The first-order valence-corrected chi connectivity index (χ1v) is 8.40. The average molecular weight is 370 g/mol. The Kier molecular flexibility index (Phi) is 5.03. The highest BCUT2D eigenvalue weighted by molar-refractivity contribution is 7.99. The highest BCUT2D eigenvalue weighted by Gasteiger charge is 2.12. The maximum Gasteiger partial charge on any atom is 0.232 e. The van der Waals surface area contributed by atoms with Crippen LogP contribution in [-0.2, 0) is 0 Å². The first-order valence-electron chi connectivity index (χ1n) is 7.20. The predicted molar refractivity (Wildman–Crippen MR) is 96.2 cm³/mol. The Morgan fingerprint density at radius 3 is 2.56 bits per heavy atom. The third kappa shape index (κ3) is 4.18. The van der Waals surface area contributed by atoms with Crippen LogP contribution >= 0.6 is 23.4 Å². The second-order valence-corrected chi connectivity index (χ2v) is 6.37. The summed E-state index contributed by atoms with van der Waals surface area (Å²) in [6.07, 6.45) is 0. The molecule has 0 aliphatic carbocycles. The van der Waals surface area contributed by atoms with Gasteiger partial charge in [0.25, 0.3) is 0 Å². The zero-order chi connectivity index (χ0) is 17.8. The SMILES string of the molecule is Cc1cccc(O)c1Sc1nc(Cl)nc(Nc2ccc(C#N)cc2)n1. The van der Waals surface area contributed by atoms with Crippen molar-refractivity contribution in [1.29, 1.82) is 5.26 Å². The molecular formula is C17H12ClN5OS. The lowest BCUT2D eigenvalue weighted by atomic mass is 10.2. The monoisotopic (exact) mass is 369 g/mol. The van der Waals surface area contributed by atoms with Gasteiger partial charge in [-0.05, 0) is 66.2 Å². The molecule has 124 valence electrons. The number of rotatable bonds is 4. The summed E-state index contributed by atoms with van der Waals surface area (Å²) in [7, 11) is 0. The number of aromatic hydroxyl groups is 1. The van der Waals surface area contributed by atoms with Gasteiger partial charge >= 0.3 is 0 Å². The fourth-order valence-electron chi connectivity index (χ4n) is 2.05. The standard InChI is InChI=1S/C17H12ClN5OS/c1-10-3-2-4-13(24)14(10)25-17-22-15(18)21-16(23-17)20-12-7-5-11(9-19)6-8-12/h2-8,24H,1H3,(H,20,21,22,23). The van der Waals surface area contributed by atoms with Crippen molar-refractivity contribution < 1.29 is 5.11 Å². The Bertz CT molecular complexity index is 936. The van der Waals surface area contributed by atoms with E-state index in [1.165, 1.54) is 11.8 Å². The topological polar surface area (TPSA) is 94.7 Å². The highest BCUT2D eigenvalue weighted by Crippen LogP contribution is 2.35. The Morgan fingerprint density at radius 2 is 1.88 bits per heavy atom. The van der Waals surface area contributed by atoms with Crippen LogP contribution in [0.3, 0.4) is 0 Å². The molecule has 0 atom stereocenters. The van der Waals surface area contributed by atoms with Gasteiger partial charge in [-0.2, -0.15) is 20.2 Å². The summed E-state index contributed by atoms with van der Waals surface area (Å²) in [6, 6.07) is 14.2. The van der Waals surface area contributed by atoms with Crippen LogP contribution in [0.4, 0.5) is 11.6 Å². The van der Waals surface area contributed by atoms with E-state index in [-0.39, 0.29) is 17.0 Å². The van der Waals surface area contributed by atoms with Crippen molar-refractivity contribution in [2.75, 3.05) is 5.32 Å². The molecule has 25 heavy (non-hydrogen) atoms. The van der Waals surface area contributed by atoms with Gasteiger partial charge in [-0.25, -0.2) is 0 Å². The fraction of sp³-hybridized carbons (Fsp3) is 0.0588. The van der Waals surface area contributed by atoms with Gasteiger partial charge < -0.3 is 10.4 Å². The van der Waals surface area contributed by atoms with Crippen LogP contribution in [0.2, 0.25) is 5.28 Å². The van der Waals surface area contributed by atoms with E-state index in [0.717, 1.165) is 11.3 Å². The minimum absolute atomic E-state index is 0.0433. The van der Waals surface area contributed by atoms with Gasteiger partial charge in [0.1, 0.15) is 5.75 Å². The van der Waals surface area contributed by atoms with Gasteiger partial charge in [0, 0.05) is 5.69 Å². The van der Waals surface area contributed by atoms with E-state index in [1.807, 2.05) is 13.0 Å². The molecule has 0 bridgehead atoms. The lowest BCUT2D eigenvalue weighted by Gasteiger charge is -2.09. The quantitative estimate of drug-likeness (QED) is 0.707. The van der Waals surface area contributed by atoms with Gasteiger partial charge in [0.2, 0.25) is 11.2 Å². The van der Waals surface area contributed by atoms with Crippen LogP contribution in [0.15, 0.2) is 52.5 Å². The smallest absolute Gasteiger partial charge is 0.232 e. The van der Waals surface area contributed by atoms with Crippen LogP contribution in [0.5, 0.6) is 5.75 Å². The number of hydrogen-bond acceptors (Lipinski definition) is 7. The third-order valence-corrected chi connectivity index (χ3v) is 4.51. The van der Waals surface area contributed by atoms with Crippen LogP contribution < -0.4 is 5.32 Å². The maximum absolute atomic E-state index is 10.0. The molecule has 0 radical (unpaired) electrons. The number of benzene rings is 2. The summed E-state index contributed by atoms with van der Waals surface area (Å²) in [6.45, 7) is 1.89. The minimum atomic E-state index is 0.0433. The lowest BCUT2D eigenvalue weighted by Crippen LogP contribution is -2.01. The van der Waals surface area contributed by atoms with Gasteiger partial charge in [-0.1, -0.05) is 12.1 Å². The molecule has 0 saturated heterocycles. The summed E-state index contributed by atoms with van der Waals surface area (Å²) in [5.41, 5.74) is 2.18. The minimum Gasteiger partial charge on any atom is -0.507 e. The van der Waals surface area contributed by atoms with E-state index in [1.54, 1.807) is 36.4 Å². The van der Waals surface area contributed by atoms with Crippen molar-refractivity contribution >= 4 is 35.0 Å². The van der Waals surface area contributed by atoms with Crippen molar-refractivity contribution in [3.8, 4) is 11.8 Å². The molecule has 1 heterocycles. The molecule has 2 aromatic carbocycles. The van der Waals surface area contributed by atoms with E-state index in [0.29, 0.717) is 15.6 Å². The molecule has 8 heteroatoms. The molecule has 2 N–H and O–H groups in total. The highest BCUT2D eigenvalue weighted by atomic mass is 35.5. The lowest BCUT2D eigenvalue weighted by molar-refractivity contribution is 0.461. The maximum atomic E-state index is 10.0. The van der Waals surface area contributed by atoms with Gasteiger partial charge in [-0.3, -0.25) is 0 Å². The predicted octanol–water partition coefficient (Wildman–Crippen LogP) is 4.31. The summed E-state index contributed by atoms with van der Waals surface area (Å²) in [5, 5.41) is 22.3. The van der Waals surface area contributed by atoms with Crippen molar-refractivity contribution in [3.63, 3.8) is 0 Å². The normalized spacial score (nSPS) is 10.3. The molecule has 0 saturated carbocycles. The van der Waals surface area contributed by atoms with Crippen LogP contribution in [0.25, 0.3) is 0 Å². The number of hydrogen-bond donors (Lipinski definition) is 2. The molecule has 0 aliphatic heterocycles. The van der Waals surface area contributed by atoms with Crippen LogP contribution in [-0.4, -0.2) is 20.1 Å². The number of halogens is 1. The van der Waals surface area contributed by atoms with Gasteiger partial charge in [-0.15, -0.1) is 0 Å². The van der Waals surface area contributed by atoms with Crippen LogP contribution in [0.1, 0.15) is 11.1 Å². The second kappa shape index (κ2) is 7.38. The Hall–Kier alpha value is -2.82. The molecule has 0 spiro atoms. The molecule has 0 amide bonds. The first-order chi connectivity index (χ1) is 12.0. The zero-order valence-electron chi connectivity index (χ0n) is 13.1. The van der Waals surface area contributed by atoms with Crippen molar-refractivity contribution in [2.45, 2.75) is 17.0 Å². The van der Waals surface area contributed by atoms with Gasteiger partial charge in [0.15, 0.2) is 5.16 Å². The number of phenolic OH excluding ortho intramolecular Hbond substituents is 1. The molecule has 6 nitrogen and oxygen atoms in total. The average Bonchev–Trinajstić information content (AvgIpc) is 2.58. The number of nitrogens with zero attached hydrogens (tertiary/aromatic N) is 4. The largest absolute Gasteiger partial charge is 0.507 e. The second-order valence-electron chi connectivity index (χ2n) is 5.05. The van der Waals surface area contributed by atoms with E-state index in [2.05, 4.69) is 26.3 Å². The Balaban J connectivity index is 1.86. The Labute approximate surface area is 153 Å². The van der Waals surface area contributed by atoms with Gasteiger partial charge in [0.05, 0.1) is 16.5 Å². The molecule has 0 aliphatic rings. The van der Waals surface area contributed by atoms with Crippen molar-refractivity contribution in [1.82, 2.24) is 15.0 Å². The fourth-order valence-corrected chi connectivity index (χ4v) is 3.11. The molecule has 0 unspecified atom stereocenters. The molecular weight excluding hydrogens is 358 g/mol. The molecule has 0 fully saturated rings. The zero-order valence-corrected chi connectivity index (χ0v) is 14.6. The van der Waals surface area contributed by atoms with Crippen LogP contribution in [0, 0.1) is 18.3 Å². The summed E-state index contributed by atoms with van der Waals surface area (Å²) in [4.78, 5) is 13.1. The number of aryl methyl sites for hydroxylation is 1. The number of aromatic nitrogens is 3. The van der Waals surface area contributed by atoms with E-state index < -0.39 is 0 Å². The summed E-state index contributed by atoms with van der Waals surface area (Å²) >= 11 is 7.19. The number of nitrogens with one attached hydrogen (secondary N) is 1. The molecule has 1 aromatic heterocycles. The van der Waals surface area contributed by atoms with E-state index in [4.69, 9.17) is 16.9 Å². The number of anilines is 2. The summed E-state index contributed by atoms with van der Waals surface area (Å²) in [5.74, 6) is 0.434. The van der Waals surface area contributed by atoms with Crippen molar-refractivity contribution in [2.24, 2.45) is 0 Å². The Morgan fingerprint density at radius 1 is 1.12 bits per heavy atom. The summed E-state index contributed by atoms with van der Waals surface area (Å²) < 4.78 is 0. The third-order valence-electron chi connectivity index (χ3n) is 3.24. The first kappa shape index (κ1) is 17.0. The molecule has 3 rings (SSSR count).